The van der Waals surface area contributed by atoms with Crippen molar-refractivity contribution in [1.29, 1.82) is 0 Å². The summed E-state index contributed by atoms with van der Waals surface area (Å²) in [5, 5.41) is 0. The van der Waals surface area contributed by atoms with Gasteiger partial charge in [-0.3, -0.25) is 24.0 Å². The van der Waals surface area contributed by atoms with Gasteiger partial charge in [0, 0.05) is 27.7 Å². The monoisotopic (exact) mass is 376 g/mol. The van der Waals surface area contributed by atoms with Crippen molar-refractivity contribution in [2.75, 3.05) is 6.61 Å². The first-order valence-electron chi connectivity index (χ1n) is 7.55. The molecule has 1 heterocycles. The van der Waals surface area contributed by atoms with Crippen molar-refractivity contribution in [1.82, 2.24) is 0 Å². The number of hydrogen-bond donors (Lipinski definition) is 0. The summed E-state index contributed by atoms with van der Waals surface area (Å²) in [6, 6.07) is 0. The molecule has 1 aliphatic heterocycles. The molecule has 5 atom stereocenters. The predicted octanol–water partition coefficient (Wildman–Crippen LogP) is -0.757. The lowest BCUT2D eigenvalue weighted by atomic mass is 9.98. The highest BCUT2D eigenvalue weighted by molar-refractivity contribution is 5.68. The first-order valence-corrected chi connectivity index (χ1v) is 7.55. The Hall–Kier alpha value is -2.69. The molecule has 11 heteroatoms. The number of rotatable bonds is 7. The van der Waals surface area contributed by atoms with Crippen LogP contribution in [0.5, 0.6) is 0 Å². The summed E-state index contributed by atoms with van der Waals surface area (Å²) in [6.07, 6.45) is -6.68. The van der Waals surface area contributed by atoms with E-state index in [4.69, 9.17) is 28.4 Å². The molecule has 0 aromatic carbocycles. The Morgan fingerprint density at radius 1 is 0.808 bits per heavy atom. The average Bonchev–Trinajstić information content (AvgIpc) is 2.49. The molecular weight excluding hydrogens is 356 g/mol. The van der Waals surface area contributed by atoms with Crippen LogP contribution >= 0.6 is 0 Å². The Bertz CT molecular complexity index is 558. The van der Waals surface area contributed by atoms with Crippen molar-refractivity contribution in [3.63, 3.8) is 0 Å². The van der Waals surface area contributed by atoms with Gasteiger partial charge in [0.15, 0.2) is 12.2 Å². The minimum absolute atomic E-state index is 0.0399. The summed E-state index contributed by atoms with van der Waals surface area (Å²) in [4.78, 5) is 56.1. The Balaban J connectivity index is 3.23. The van der Waals surface area contributed by atoms with E-state index in [1.807, 2.05) is 0 Å². The third-order valence-electron chi connectivity index (χ3n) is 3.14. The maximum atomic E-state index is 11.5. The van der Waals surface area contributed by atoms with E-state index in [0.717, 1.165) is 27.7 Å². The SMILES string of the molecule is CC(=O)OC[C@H]1O[C@@H](OC(C)=O)[C@H](OC=O)[C@@H](OC(C)=O)[C@@H]1OC(C)=O. The molecule has 0 radical (unpaired) electrons. The van der Waals surface area contributed by atoms with Gasteiger partial charge < -0.3 is 28.4 Å². The molecule has 0 saturated carbocycles. The molecular formula is C15H20O11. The van der Waals surface area contributed by atoms with E-state index in [-0.39, 0.29) is 6.47 Å². The van der Waals surface area contributed by atoms with Crippen LogP contribution in [0.2, 0.25) is 0 Å². The van der Waals surface area contributed by atoms with Crippen molar-refractivity contribution >= 4 is 30.3 Å². The Kier molecular flexibility index (Phi) is 7.97. The quantitative estimate of drug-likeness (QED) is 0.314. The summed E-state index contributed by atoms with van der Waals surface area (Å²) in [7, 11) is 0. The number of carbonyl (C=O) groups excluding carboxylic acids is 5. The fraction of sp³-hybridized carbons (Fsp3) is 0.667. The predicted molar refractivity (Wildman–Crippen MR) is 79.1 cm³/mol. The molecule has 1 rings (SSSR count). The number of ether oxygens (including phenoxy) is 6. The van der Waals surface area contributed by atoms with E-state index in [0.29, 0.717) is 0 Å². The first kappa shape index (κ1) is 21.4. The summed E-state index contributed by atoms with van der Waals surface area (Å²) in [5.74, 6) is -2.94. The fourth-order valence-corrected chi connectivity index (χ4v) is 2.34. The molecule has 1 aliphatic rings. The van der Waals surface area contributed by atoms with E-state index in [9.17, 15) is 24.0 Å². The highest BCUT2D eigenvalue weighted by Crippen LogP contribution is 2.29. The molecule has 0 aromatic rings. The third kappa shape index (κ3) is 6.31. The van der Waals surface area contributed by atoms with Crippen molar-refractivity contribution in [3.8, 4) is 0 Å². The zero-order valence-corrected chi connectivity index (χ0v) is 14.7. The Morgan fingerprint density at radius 3 is 1.81 bits per heavy atom. The van der Waals surface area contributed by atoms with Gasteiger partial charge in [0.2, 0.25) is 12.4 Å². The van der Waals surface area contributed by atoms with Crippen LogP contribution in [0.25, 0.3) is 0 Å². The van der Waals surface area contributed by atoms with Crippen LogP contribution in [0.15, 0.2) is 0 Å². The zero-order valence-electron chi connectivity index (χ0n) is 14.7. The molecule has 1 saturated heterocycles. The molecule has 0 bridgehead atoms. The lowest BCUT2D eigenvalue weighted by Gasteiger charge is -2.43. The van der Waals surface area contributed by atoms with Gasteiger partial charge in [-0.2, -0.15) is 0 Å². The standard InChI is InChI=1S/C15H20O11/c1-7(17)21-5-11-12(23-8(2)18)13(24-9(3)19)14(22-6-16)15(26-11)25-10(4)20/h6,11-15H,5H2,1-4H3/t11-,12-,13+,14-,15-/m1/s1. The van der Waals surface area contributed by atoms with Crippen LogP contribution in [-0.4, -0.2) is 67.7 Å². The molecule has 26 heavy (non-hydrogen) atoms. The van der Waals surface area contributed by atoms with Gasteiger partial charge in [0.05, 0.1) is 0 Å². The molecule has 0 aliphatic carbocycles. The van der Waals surface area contributed by atoms with Crippen molar-refractivity contribution in [2.45, 2.75) is 58.4 Å². The summed E-state index contributed by atoms with van der Waals surface area (Å²) >= 11 is 0. The van der Waals surface area contributed by atoms with Crippen LogP contribution in [0.4, 0.5) is 0 Å². The van der Waals surface area contributed by atoms with Crippen LogP contribution in [-0.2, 0) is 52.4 Å². The van der Waals surface area contributed by atoms with E-state index in [2.05, 4.69) is 0 Å². The summed E-state index contributed by atoms with van der Waals surface area (Å²) in [5.41, 5.74) is 0. The highest BCUT2D eigenvalue weighted by atomic mass is 16.7. The molecule has 146 valence electrons. The largest absolute Gasteiger partial charge is 0.463 e. The maximum Gasteiger partial charge on any atom is 0.305 e. The van der Waals surface area contributed by atoms with Gasteiger partial charge in [-0.25, -0.2) is 0 Å². The molecule has 1 fully saturated rings. The van der Waals surface area contributed by atoms with Gasteiger partial charge in [0.25, 0.3) is 6.47 Å². The maximum absolute atomic E-state index is 11.5. The summed E-state index contributed by atoms with van der Waals surface area (Å²) < 4.78 is 30.3. The van der Waals surface area contributed by atoms with E-state index in [1.165, 1.54) is 0 Å². The number of carbonyl (C=O) groups is 5. The normalized spacial score (nSPS) is 27.6. The van der Waals surface area contributed by atoms with Gasteiger partial charge in [-0.1, -0.05) is 0 Å². The van der Waals surface area contributed by atoms with Crippen molar-refractivity contribution < 1.29 is 52.4 Å². The Labute approximate surface area is 148 Å². The minimum atomic E-state index is -1.48. The second-order valence-corrected chi connectivity index (χ2v) is 5.30. The van der Waals surface area contributed by atoms with Crippen LogP contribution in [0, 0.1) is 0 Å². The zero-order chi connectivity index (χ0) is 19.9. The average molecular weight is 376 g/mol. The lowest BCUT2D eigenvalue weighted by molar-refractivity contribution is -0.298. The van der Waals surface area contributed by atoms with Crippen LogP contribution in [0.1, 0.15) is 27.7 Å². The fourth-order valence-electron chi connectivity index (χ4n) is 2.34. The molecule has 0 aromatic heterocycles. The second-order valence-electron chi connectivity index (χ2n) is 5.30. The molecule has 0 amide bonds. The van der Waals surface area contributed by atoms with Crippen molar-refractivity contribution in [2.24, 2.45) is 0 Å². The van der Waals surface area contributed by atoms with E-state index >= 15 is 0 Å². The lowest BCUT2D eigenvalue weighted by Crippen LogP contribution is -2.62. The van der Waals surface area contributed by atoms with Crippen LogP contribution in [0.3, 0.4) is 0 Å². The third-order valence-corrected chi connectivity index (χ3v) is 3.14. The molecule has 0 N–H and O–H groups in total. The first-order chi connectivity index (χ1) is 12.1. The minimum Gasteiger partial charge on any atom is -0.463 e. The van der Waals surface area contributed by atoms with Gasteiger partial charge >= 0.3 is 23.9 Å². The van der Waals surface area contributed by atoms with E-state index < -0.39 is 61.2 Å². The highest BCUT2D eigenvalue weighted by Gasteiger charge is 2.53. The smallest absolute Gasteiger partial charge is 0.305 e. The number of esters is 4. The topological polar surface area (TPSA) is 141 Å². The van der Waals surface area contributed by atoms with Crippen LogP contribution < -0.4 is 0 Å². The molecule has 11 nitrogen and oxygen atoms in total. The molecule has 0 spiro atoms. The second kappa shape index (κ2) is 9.70. The summed E-state index contributed by atoms with van der Waals surface area (Å²) in [6.45, 7) is 4.06. The van der Waals surface area contributed by atoms with Gasteiger partial charge in [-0.05, 0) is 0 Å². The number of hydrogen-bond acceptors (Lipinski definition) is 11. The van der Waals surface area contributed by atoms with E-state index in [1.54, 1.807) is 0 Å². The molecule has 0 unspecified atom stereocenters. The van der Waals surface area contributed by atoms with Gasteiger partial charge in [0.1, 0.15) is 12.7 Å². The van der Waals surface area contributed by atoms with Crippen molar-refractivity contribution in [3.05, 3.63) is 0 Å². The Morgan fingerprint density at radius 2 is 1.35 bits per heavy atom. The van der Waals surface area contributed by atoms with Gasteiger partial charge in [-0.15, -0.1) is 0 Å².